The lowest BCUT2D eigenvalue weighted by atomic mass is 9.70. The van der Waals surface area contributed by atoms with Crippen molar-refractivity contribution < 1.29 is 9.53 Å². The Morgan fingerprint density at radius 2 is 2.26 bits per heavy atom. The molecule has 2 rings (SSSR count). The molecule has 0 spiro atoms. The summed E-state index contributed by atoms with van der Waals surface area (Å²) < 4.78 is 5.38. The molecule has 4 heteroatoms. The molecule has 0 radical (unpaired) electrons. The first-order valence-corrected chi connectivity index (χ1v) is 7.57. The van der Waals surface area contributed by atoms with Crippen LogP contribution in [0.5, 0.6) is 0 Å². The molecule has 0 aromatic carbocycles. The summed E-state index contributed by atoms with van der Waals surface area (Å²) in [5, 5.41) is 6.54. The van der Waals surface area contributed by atoms with Gasteiger partial charge in [0.25, 0.3) is 0 Å². The maximum atomic E-state index is 12.1. The van der Waals surface area contributed by atoms with Gasteiger partial charge in [-0.25, -0.2) is 0 Å². The zero-order valence-corrected chi connectivity index (χ0v) is 12.5. The molecule has 2 fully saturated rings. The van der Waals surface area contributed by atoms with Crippen LogP contribution in [0, 0.1) is 11.3 Å². The van der Waals surface area contributed by atoms with E-state index in [2.05, 4.69) is 31.4 Å². The first kappa shape index (κ1) is 14.8. The van der Waals surface area contributed by atoms with Crippen LogP contribution in [-0.4, -0.2) is 37.7 Å². The van der Waals surface area contributed by atoms with Crippen molar-refractivity contribution in [2.75, 3.05) is 19.8 Å². The van der Waals surface area contributed by atoms with E-state index in [0.717, 1.165) is 19.6 Å². The van der Waals surface area contributed by atoms with Gasteiger partial charge in [0.15, 0.2) is 0 Å². The van der Waals surface area contributed by atoms with Crippen LogP contribution < -0.4 is 10.6 Å². The van der Waals surface area contributed by atoms with Crippen LogP contribution in [0.15, 0.2) is 0 Å². The SMILES string of the molecule is CC1CC(C)(C)CCC1NC(=O)CC1COCCN1. The van der Waals surface area contributed by atoms with E-state index >= 15 is 0 Å². The van der Waals surface area contributed by atoms with Crippen molar-refractivity contribution in [2.24, 2.45) is 11.3 Å². The minimum Gasteiger partial charge on any atom is -0.378 e. The molecule has 3 unspecified atom stereocenters. The summed E-state index contributed by atoms with van der Waals surface area (Å²) >= 11 is 0. The smallest absolute Gasteiger partial charge is 0.221 e. The van der Waals surface area contributed by atoms with Gasteiger partial charge in [-0.15, -0.1) is 0 Å². The largest absolute Gasteiger partial charge is 0.378 e. The number of carbonyl (C=O) groups is 1. The number of ether oxygens (including phenoxy) is 1. The van der Waals surface area contributed by atoms with Gasteiger partial charge in [0.2, 0.25) is 5.91 Å². The van der Waals surface area contributed by atoms with E-state index in [1.165, 1.54) is 12.8 Å². The Morgan fingerprint density at radius 1 is 1.47 bits per heavy atom. The van der Waals surface area contributed by atoms with E-state index in [9.17, 15) is 4.79 Å². The highest BCUT2D eigenvalue weighted by Gasteiger charge is 2.33. The number of rotatable bonds is 3. The summed E-state index contributed by atoms with van der Waals surface area (Å²) in [6, 6.07) is 0.536. The fourth-order valence-electron chi connectivity index (χ4n) is 3.40. The molecule has 1 saturated carbocycles. The van der Waals surface area contributed by atoms with Crippen LogP contribution >= 0.6 is 0 Å². The molecule has 110 valence electrons. The molecule has 2 N–H and O–H groups in total. The van der Waals surface area contributed by atoms with Crippen molar-refractivity contribution in [3.05, 3.63) is 0 Å². The van der Waals surface area contributed by atoms with E-state index in [-0.39, 0.29) is 11.9 Å². The maximum absolute atomic E-state index is 12.1. The lowest BCUT2D eigenvalue weighted by molar-refractivity contribution is -0.123. The molecule has 1 aliphatic carbocycles. The number of nitrogens with one attached hydrogen (secondary N) is 2. The molecule has 3 atom stereocenters. The molecule has 19 heavy (non-hydrogen) atoms. The number of carbonyl (C=O) groups excluding carboxylic acids is 1. The van der Waals surface area contributed by atoms with Crippen molar-refractivity contribution in [1.29, 1.82) is 0 Å². The highest BCUT2D eigenvalue weighted by Crippen LogP contribution is 2.38. The third kappa shape index (κ3) is 4.46. The summed E-state index contributed by atoms with van der Waals surface area (Å²) in [5.74, 6) is 0.739. The highest BCUT2D eigenvalue weighted by atomic mass is 16.5. The quantitative estimate of drug-likeness (QED) is 0.819. The topological polar surface area (TPSA) is 50.4 Å². The number of hydrogen-bond acceptors (Lipinski definition) is 3. The Kier molecular flexibility index (Phi) is 4.85. The maximum Gasteiger partial charge on any atom is 0.221 e. The normalized spacial score (nSPS) is 34.8. The monoisotopic (exact) mass is 268 g/mol. The van der Waals surface area contributed by atoms with E-state index in [1.807, 2.05) is 0 Å². The Bertz CT molecular complexity index is 311. The molecule has 2 aliphatic rings. The van der Waals surface area contributed by atoms with Gasteiger partial charge >= 0.3 is 0 Å². The molecule has 4 nitrogen and oxygen atoms in total. The molecular formula is C15H28N2O2. The fourth-order valence-corrected chi connectivity index (χ4v) is 3.40. The van der Waals surface area contributed by atoms with Crippen LogP contribution in [0.1, 0.15) is 46.5 Å². The fraction of sp³-hybridized carbons (Fsp3) is 0.933. The van der Waals surface area contributed by atoms with Crippen LogP contribution in [0.3, 0.4) is 0 Å². The van der Waals surface area contributed by atoms with E-state index in [4.69, 9.17) is 4.74 Å². The Balaban J connectivity index is 1.75. The Labute approximate surface area is 116 Å². The van der Waals surface area contributed by atoms with Crippen molar-refractivity contribution in [3.63, 3.8) is 0 Å². The van der Waals surface area contributed by atoms with Crippen LogP contribution in [0.4, 0.5) is 0 Å². The molecule has 1 amide bonds. The van der Waals surface area contributed by atoms with Crippen molar-refractivity contribution >= 4 is 5.91 Å². The van der Waals surface area contributed by atoms with Crippen LogP contribution in [0.2, 0.25) is 0 Å². The second-order valence-electron chi connectivity index (χ2n) is 6.99. The third-order valence-electron chi connectivity index (χ3n) is 4.47. The number of hydrogen-bond donors (Lipinski definition) is 2. The van der Waals surface area contributed by atoms with Gasteiger partial charge < -0.3 is 15.4 Å². The summed E-state index contributed by atoms with van der Waals surface area (Å²) in [6.45, 7) is 9.17. The lowest BCUT2D eigenvalue weighted by Gasteiger charge is -2.39. The lowest BCUT2D eigenvalue weighted by Crippen LogP contribution is -2.48. The first-order valence-electron chi connectivity index (χ1n) is 7.57. The first-order chi connectivity index (χ1) is 8.96. The standard InChI is InChI=1S/C15H28N2O2/c1-11-9-15(2,3)5-4-13(11)17-14(18)8-12-10-19-7-6-16-12/h11-13,16H,4-10H2,1-3H3,(H,17,18). The average Bonchev–Trinajstić information content (AvgIpc) is 2.33. The van der Waals surface area contributed by atoms with E-state index < -0.39 is 0 Å². The third-order valence-corrected chi connectivity index (χ3v) is 4.47. The predicted octanol–water partition coefficient (Wildman–Crippen LogP) is 1.70. The van der Waals surface area contributed by atoms with Crippen LogP contribution in [0.25, 0.3) is 0 Å². The second-order valence-corrected chi connectivity index (χ2v) is 6.99. The van der Waals surface area contributed by atoms with Crippen molar-refractivity contribution in [1.82, 2.24) is 10.6 Å². The van der Waals surface area contributed by atoms with Crippen LogP contribution in [-0.2, 0) is 9.53 Å². The molecule has 0 bridgehead atoms. The van der Waals surface area contributed by atoms with Gasteiger partial charge in [0, 0.05) is 25.0 Å². The van der Waals surface area contributed by atoms with Gasteiger partial charge in [-0.3, -0.25) is 4.79 Å². The van der Waals surface area contributed by atoms with Gasteiger partial charge in [0.05, 0.1) is 13.2 Å². The molecule has 1 heterocycles. The number of morpholine rings is 1. The Morgan fingerprint density at radius 3 is 2.89 bits per heavy atom. The summed E-state index contributed by atoms with van der Waals surface area (Å²) in [5.41, 5.74) is 0.430. The summed E-state index contributed by atoms with van der Waals surface area (Å²) in [7, 11) is 0. The zero-order chi connectivity index (χ0) is 13.9. The van der Waals surface area contributed by atoms with Gasteiger partial charge in [-0.05, 0) is 30.6 Å². The predicted molar refractivity (Wildman–Crippen MR) is 76.0 cm³/mol. The average molecular weight is 268 g/mol. The summed E-state index contributed by atoms with van der Waals surface area (Å²) in [4.78, 5) is 12.1. The molecule has 1 saturated heterocycles. The molecule has 0 aromatic heterocycles. The second kappa shape index (κ2) is 6.23. The summed E-state index contributed by atoms with van der Waals surface area (Å²) in [6.07, 6.45) is 4.04. The zero-order valence-electron chi connectivity index (χ0n) is 12.5. The molecule has 1 aliphatic heterocycles. The minimum atomic E-state index is 0.166. The molecule has 0 aromatic rings. The van der Waals surface area contributed by atoms with E-state index in [1.54, 1.807) is 0 Å². The van der Waals surface area contributed by atoms with E-state index in [0.29, 0.717) is 30.4 Å². The van der Waals surface area contributed by atoms with Crippen molar-refractivity contribution in [3.8, 4) is 0 Å². The number of amides is 1. The Hall–Kier alpha value is -0.610. The van der Waals surface area contributed by atoms with Gasteiger partial charge in [-0.2, -0.15) is 0 Å². The van der Waals surface area contributed by atoms with Crippen molar-refractivity contribution in [2.45, 2.75) is 58.5 Å². The molecular weight excluding hydrogens is 240 g/mol. The van der Waals surface area contributed by atoms with Gasteiger partial charge in [-0.1, -0.05) is 20.8 Å². The minimum absolute atomic E-state index is 0.166. The highest BCUT2D eigenvalue weighted by molar-refractivity contribution is 5.77. The van der Waals surface area contributed by atoms with Gasteiger partial charge in [0.1, 0.15) is 0 Å².